The maximum absolute atomic E-state index is 12.0. The van der Waals surface area contributed by atoms with Crippen LogP contribution in [0.2, 0.25) is 0 Å². The van der Waals surface area contributed by atoms with E-state index in [0.29, 0.717) is 23.8 Å². The molecule has 112 valence electrons. The van der Waals surface area contributed by atoms with Crippen molar-refractivity contribution in [2.24, 2.45) is 5.92 Å². The van der Waals surface area contributed by atoms with E-state index in [0.717, 1.165) is 24.2 Å². The zero-order valence-electron chi connectivity index (χ0n) is 12.2. The summed E-state index contributed by atoms with van der Waals surface area (Å²) in [4.78, 5) is 13.6. The van der Waals surface area contributed by atoms with Crippen molar-refractivity contribution < 1.29 is 9.90 Å². The van der Waals surface area contributed by atoms with Crippen LogP contribution in [0.25, 0.3) is 0 Å². The molecule has 0 saturated heterocycles. The lowest BCUT2D eigenvalue weighted by molar-refractivity contribution is -0.128. The van der Waals surface area contributed by atoms with Crippen LogP contribution in [-0.4, -0.2) is 41.4 Å². The van der Waals surface area contributed by atoms with Crippen molar-refractivity contribution in [1.29, 1.82) is 5.26 Å². The van der Waals surface area contributed by atoms with Crippen LogP contribution in [0.3, 0.4) is 0 Å². The van der Waals surface area contributed by atoms with Gasteiger partial charge in [0.2, 0.25) is 5.91 Å². The van der Waals surface area contributed by atoms with Crippen LogP contribution in [0.1, 0.15) is 24.0 Å². The third-order valence-electron chi connectivity index (χ3n) is 3.63. The average Bonchev–Trinajstić information content (AvgIpc) is 3.32. The van der Waals surface area contributed by atoms with Crippen LogP contribution in [0.5, 0.6) is 0 Å². The van der Waals surface area contributed by atoms with E-state index < -0.39 is 0 Å². The van der Waals surface area contributed by atoms with E-state index in [-0.39, 0.29) is 12.0 Å². The molecule has 1 aromatic carbocycles. The molecule has 1 aliphatic rings. The molecule has 1 atom stereocenters. The Morgan fingerprint density at radius 2 is 2.14 bits per heavy atom. The van der Waals surface area contributed by atoms with Crippen LogP contribution < -0.4 is 0 Å². The van der Waals surface area contributed by atoms with Crippen molar-refractivity contribution in [3.8, 4) is 6.07 Å². The lowest BCUT2D eigenvalue weighted by atomic mass is 10.2. The SMILES string of the molecule is CN(CC(O)C1CC1)C(=O)CSCc1ccc(C#N)cc1. The van der Waals surface area contributed by atoms with Gasteiger partial charge in [-0.1, -0.05) is 12.1 Å². The first-order valence-corrected chi connectivity index (χ1v) is 8.24. The second-order valence-corrected chi connectivity index (χ2v) is 6.47. The van der Waals surface area contributed by atoms with Crippen LogP contribution in [0.15, 0.2) is 24.3 Å². The zero-order valence-corrected chi connectivity index (χ0v) is 13.0. The summed E-state index contributed by atoms with van der Waals surface area (Å²) in [5.41, 5.74) is 1.75. The zero-order chi connectivity index (χ0) is 15.2. The van der Waals surface area contributed by atoms with E-state index >= 15 is 0 Å². The van der Waals surface area contributed by atoms with Gasteiger partial charge in [-0.15, -0.1) is 11.8 Å². The number of benzene rings is 1. The fourth-order valence-electron chi connectivity index (χ4n) is 2.05. The largest absolute Gasteiger partial charge is 0.391 e. The molecule has 1 fully saturated rings. The summed E-state index contributed by atoms with van der Waals surface area (Å²) in [6.45, 7) is 0.431. The quantitative estimate of drug-likeness (QED) is 0.837. The molecule has 1 unspecified atom stereocenters. The fourth-order valence-corrected chi connectivity index (χ4v) is 2.98. The Bertz CT molecular complexity index is 520. The number of carbonyl (C=O) groups excluding carboxylic acids is 1. The molecule has 0 aromatic heterocycles. The van der Waals surface area contributed by atoms with Crippen LogP contribution >= 0.6 is 11.8 Å². The summed E-state index contributed by atoms with van der Waals surface area (Å²) in [5.74, 6) is 1.60. The number of thioether (sulfide) groups is 1. The fraction of sp³-hybridized carbons (Fsp3) is 0.500. The van der Waals surface area contributed by atoms with Gasteiger partial charge >= 0.3 is 0 Å². The lowest BCUT2D eigenvalue weighted by Crippen LogP contribution is -2.36. The van der Waals surface area contributed by atoms with Crippen LogP contribution in [-0.2, 0) is 10.5 Å². The van der Waals surface area contributed by atoms with Gasteiger partial charge in [-0.05, 0) is 36.5 Å². The minimum Gasteiger partial charge on any atom is -0.391 e. The topological polar surface area (TPSA) is 64.3 Å². The third kappa shape index (κ3) is 5.07. The Hall–Kier alpha value is -1.51. The van der Waals surface area contributed by atoms with Gasteiger partial charge in [-0.25, -0.2) is 0 Å². The molecule has 1 aliphatic carbocycles. The van der Waals surface area contributed by atoms with Crippen LogP contribution in [0.4, 0.5) is 0 Å². The molecule has 0 spiro atoms. The van der Waals surface area contributed by atoms with E-state index in [2.05, 4.69) is 6.07 Å². The van der Waals surface area contributed by atoms with Gasteiger partial charge in [0.25, 0.3) is 0 Å². The van der Waals surface area contributed by atoms with Gasteiger partial charge in [0.1, 0.15) is 0 Å². The highest BCUT2D eigenvalue weighted by Crippen LogP contribution is 2.32. The summed E-state index contributed by atoms with van der Waals surface area (Å²) in [6.07, 6.45) is 1.79. The van der Waals surface area contributed by atoms with Gasteiger partial charge in [0.15, 0.2) is 0 Å². The van der Waals surface area contributed by atoms with Gasteiger partial charge in [-0.2, -0.15) is 5.26 Å². The molecular weight excluding hydrogens is 284 g/mol. The van der Waals surface area contributed by atoms with E-state index in [9.17, 15) is 9.90 Å². The molecular formula is C16H20N2O2S. The second-order valence-electron chi connectivity index (χ2n) is 5.48. The van der Waals surface area contributed by atoms with Gasteiger partial charge < -0.3 is 10.0 Å². The van der Waals surface area contributed by atoms with E-state index in [1.807, 2.05) is 12.1 Å². The summed E-state index contributed by atoms with van der Waals surface area (Å²) < 4.78 is 0. The first kappa shape index (κ1) is 15.9. The molecule has 1 amide bonds. The number of nitriles is 1. The molecule has 0 bridgehead atoms. The summed E-state index contributed by atoms with van der Waals surface area (Å²) in [5, 5.41) is 18.6. The standard InChI is InChI=1S/C16H20N2O2S/c1-18(9-15(19)14-6-7-14)16(20)11-21-10-13-4-2-12(8-17)3-5-13/h2-5,14-15,19H,6-7,9-11H2,1H3. The smallest absolute Gasteiger partial charge is 0.232 e. The molecule has 21 heavy (non-hydrogen) atoms. The van der Waals surface area contributed by atoms with E-state index in [1.54, 1.807) is 35.8 Å². The number of likely N-dealkylation sites (N-methyl/N-ethyl adjacent to an activating group) is 1. The number of hydrogen-bond donors (Lipinski definition) is 1. The first-order valence-electron chi connectivity index (χ1n) is 7.09. The van der Waals surface area contributed by atoms with Crippen molar-refractivity contribution in [3.05, 3.63) is 35.4 Å². The third-order valence-corrected chi connectivity index (χ3v) is 4.62. The van der Waals surface area contributed by atoms with Crippen molar-refractivity contribution in [2.45, 2.75) is 24.7 Å². The molecule has 0 heterocycles. The Morgan fingerprint density at radius 1 is 1.48 bits per heavy atom. The molecule has 5 heteroatoms. The predicted molar refractivity (Wildman–Crippen MR) is 83.7 cm³/mol. The number of carbonyl (C=O) groups is 1. The minimum atomic E-state index is -0.373. The van der Waals surface area contributed by atoms with Crippen molar-refractivity contribution in [1.82, 2.24) is 4.90 Å². The Labute approximate surface area is 129 Å². The summed E-state index contributed by atoms with van der Waals surface area (Å²) >= 11 is 1.55. The number of aliphatic hydroxyl groups excluding tert-OH is 1. The van der Waals surface area contributed by atoms with Crippen LogP contribution in [0, 0.1) is 17.2 Å². The molecule has 1 N–H and O–H groups in total. The molecule has 0 radical (unpaired) electrons. The highest BCUT2D eigenvalue weighted by molar-refractivity contribution is 7.99. The number of nitrogens with zero attached hydrogens (tertiary/aromatic N) is 2. The normalized spacial score (nSPS) is 15.3. The van der Waals surface area contributed by atoms with Crippen molar-refractivity contribution in [3.63, 3.8) is 0 Å². The number of rotatable bonds is 7. The molecule has 2 rings (SSSR count). The molecule has 1 saturated carbocycles. The average molecular weight is 304 g/mol. The predicted octanol–water partition coefficient (Wildman–Crippen LogP) is 2.02. The molecule has 4 nitrogen and oxygen atoms in total. The maximum atomic E-state index is 12.0. The van der Waals surface area contributed by atoms with Crippen molar-refractivity contribution in [2.75, 3.05) is 19.3 Å². The first-order chi connectivity index (χ1) is 10.1. The van der Waals surface area contributed by atoms with E-state index in [1.165, 1.54) is 0 Å². The molecule has 0 aliphatic heterocycles. The summed E-state index contributed by atoms with van der Waals surface area (Å²) in [7, 11) is 1.75. The Balaban J connectivity index is 1.69. The number of aliphatic hydroxyl groups is 1. The minimum absolute atomic E-state index is 0.0494. The molecule has 1 aromatic rings. The lowest BCUT2D eigenvalue weighted by Gasteiger charge is -2.20. The van der Waals surface area contributed by atoms with Gasteiger partial charge in [0, 0.05) is 19.3 Å². The highest BCUT2D eigenvalue weighted by atomic mass is 32.2. The Kier molecular flexibility index (Phi) is 5.66. The number of amides is 1. The maximum Gasteiger partial charge on any atom is 0.232 e. The van der Waals surface area contributed by atoms with Gasteiger partial charge in [-0.3, -0.25) is 4.79 Å². The monoisotopic (exact) mass is 304 g/mol. The van der Waals surface area contributed by atoms with Gasteiger partial charge in [0.05, 0.1) is 23.5 Å². The second kappa shape index (κ2) is 7.48. The van der Waals surface area contributed by atoms with Crippen molar-refractivity contribution >= 4 is 17.7 Å². The highest BCUT2D eigenvalue weighted by Gasteiger charge is 2.30. The van der Waals surface area contributed by atoms with E-state index in [4.69, 9.17) is 5.26 Å². The Morgan fingerprint density at radius 3 is 2.71 bits per heavy atom. The summed E-state index contributed by atoms with van der Waals surface area (Å²) in [6, 6.07) is 9.49. The number of hydrogen-bond acceptors (Lipinski definition) is 4.